The predicted octanol–water partition coefficient (Wildman–Crippen LogP) is 5.58. The highest BCUT2D eigenvalue weighted by atomic mass is 32.2. The number of hydrogen-bond donors (Lipinski definition) is 1. The zero-order valence-electron chi connectivity index (χ0n) is 16.6. The number of carbonyl (C=O) groups excluding carboxylic acids is 1. The number of unbranched alkanes of at least 4 members (excludes halogenated alkanes) is 1. The summed E-state index contributed by atoms with van der Waals surface area (Å²) in [5.41, 5.74) is 3.46. The average molecular weight is 424 g/mol. The van der Waals surface area contributed by atoms with E-state index >= 15 is 0 Å². The van der Waals surface area contributed by atoms with Crippen LogP contribution in [0.15, 0.2) is 63.7 Å². The number of hydrogen-bond acceptors (Lipinski definition) is 5. The van der Waals surface area contributed by atoms with E-state index in [4.69, 9.17) is 0 Å². The summed E-state index contributed by atoms with van der Waals surface area (Å²) in [6.07, 6.45) is 3.51. The highest BCUT2D eigenvalue weighted by Gasteiger charge is 2.22. The second kappa shape index (κ2) is 9.46. The van der Waals surface area contributed by atoms with E-state index in [0.717, 1.165) is 31.5 Å². The van der Waals surface area contributed by atoms with Gasteiger partial charge >= 0.3 is 0 Å². The monoisotopic (exact) mass is 423 g/mol. The Morgan fingerprint density at radius 1 is 1.03 bits per heavy atom. The molecule has 1 aliphatic heterocycles. The molecule has 1 aromatic heterocycles. The number of aromatic nitrogens is 1. The maximum atomic E-state index is 12.4. The fourth-order valence-corrected chi connectivity index (χ4v) is 5.38. The molecule has 1 amide bonds. The Kier molecular flexibility index (Phi) is 6.52. The summed E-state index contributed by atoms with van der Waals surface area (Å²) in [7, 11) is 0. The molecule has 6 heteroatoms. The highest BCUT2D eigenvalue weighted by molar-refractivity contribution is 7.99. The van der Waals surface area contributed by atoms with E-state index in [0.29, 0.717) is 13.0 Å². The van der Waals surface area contributed by atoms with Crippen LogP contribution >= 0.6 is 23.1 Å². The lowest BCUT2D eigenvalue weighted by Gasteiger charge is -2.32. The Bertz CT molecular complexity index is 940. The first-order valence-corrected chi connectivity index (χ1v) is 11.7. The highest BCUT2D eigenvalue weighted by Crippen LogP contribution is 2.47. The largest absolute Gasteiger partial charge is 0.356 e. The van der Waals surface area contributed by atoms with Gasteiger partial charge in [0.05, 0.1) is 16.4 Å². The Hall–Kier alpha value is -2.31. The predicted molar refractivity (Wildman–Crippen MR) is 121 cm³/mol. The maximum absolute atomic E-state index is 12.4. The van der Waals surface area contributed by atoms with Crippen LogP contribution in [-0.4, -0.2) is 24.0 Å². The molecule has 0 saturated carbocycles. The van der Waals surface area contributed by atoms with E-state index in [1.165, 1.54) is 26.2 Å². The van der Waals surface area contributed by atoms with Gasteiger partial charge in [-0.05, 0) is 50.5 Å². The second-order valence-corrected chi connectivity index (χ2v) is 9.16. The summed E-state index contributed by atoms with van der Waals surface area (Å²) >= 11 is 3.51. The fourth-order valence-electron chi connectivity index (χ4n) is 3.47. The molecule has 0 spiro atoms. The molecule has 0 unspecified atom stereocenters. The van der Waals surface area contributed by atoms with Crippen molar-refractivity contribution in [3.63, 3.8) is 0 Å². The van der Waals surface area contributed by atoms with Crippen molar-refractivity contribution in [1.29, 1.82) is 0 Å². The SMILES string of the molecule is Cc1csc(CCCCNC(=O)CCN2c3ccccc3Sc3ccccc32)n1. The number of aryl methyl sites for hydroxylation is 2. The number of anilines is 2. The number of benzene rings is 2. The van der Waals surface area contributed by atoms with Crippen LogP contribution in [-0.2, 0) is 11.2 Å². The molecule has 0 bridgehead atoms. The summed E-state index contributed by atoms with van der Waals surface area (Å²) in [5.74, 6) is 0.114. The molecule has 2 heterocycles. The van der Waals surface area contributed by atoms with Gasteiger partial charge in [0.1, 0.15) is 0 Å². The van der Waals surface area contributed by atoms with Crippen LogP contribution in [0.25, 0.3) is 0 Å². The van der Waals surface area contributed by atoms with Gasteiger partial charge in [0, 0.05) is 40.4 Å². The summed E-state index contributed by atoms with van der Waals surface area (Å²) in [6.45, 7) is 3.43. The van der Waals surface area contributed by atoms with Gasteiger partial charge in [-0.15, -0.1) is 11.3 Å². The second-order valence-electron chi connectivity index (χ2n) is 7.13. The lowest BCUT2D eigenvalue weighted by Crippen LogP contribution is -2.30. The van der Waals surface area contributed by atoms with E-state index in [9.17, 15) is 4.79 Å². The fraction of sp³-hybridized carbons (Fsp3) is 0.304. The third-order valence-electron chi connectivity index (χ3n) is 4.90. The topological polar surface area (TPSA) is 45.2 Å². The third-order valence-corrected chi connectivity index (χ3v) is 7.06. The summed E-state index contributed by atoms with van der Waals surface area (Å²) in [5, 5.41) is 6.35. The van der Waals surface area contributed by atoms with Gasteiger partial charge in [-0.2, -0.15) is 0 Å². The molecule has 1 N–H and O–H groups in total. The molecular formula is C23H25N3OS2. The van der Waals surface area contributed by atoms with Crippen LogP contribution in [0.2, 0.25) is 0 Å². The normalized spacial score (nSPS) is 12.4. The summed E-state index contributed by atoms with van der Waals surface area (Å²) < 4.78 is 0. The molecule has 150 valence electrons. The smallest absolute Gasteiger partial charge is 0.221 e. The van der Waals surface area contributed by atoms with Crippen molar-refractivity contribution in [1.82, 2.24) is 10.3 Å². The van der Waals surface area contributed by atoms with Crippen molar-refractivity contribution in [2.45, 2.75) is 42.4 Å². The minimum absolute atomic E-state index is 0.114. The van der Waals surface area contributed by atoms with Gasteiger partial charge in [0.25, 0.3) is 0 Å². The van der Waals surface area contributed by atoms with E-state index in [1.807, 2.05) is 6.92 Å². The summed E-state index contributed by atoms with van der Waals surface area (Å²) in [4.78, 5) is 21.6. The number of amides is 1. The van der Waals surface area contributed by atoms with Crippen molar-refractivity contribution >= 4 is 40.4 Å². The lowest BCUT2D eigenvalue weighted by molar-refractivity contribution is -0.120. The van der Waals surface area contributed by atoms with Crippen molar-refractivity contribution in [2.75, 3.05) is 18.0 Å². The first kappa shape index (κ1) is 20.0. The van der Waals surface area contributed by atoms with Crippen molar-refractivity contribution < 1.29 is 4.79 Å². The van der Waals surface area contributed by atoms with Gasteiger partial charge < -0.3 is 10.2 Å². The molecular weight excluding hydrogens is 398 g/mol. The Balaban J connectivity index is 1.27. The Morgan fingerprint density at radius 3 is 2.38 bits per heavy atom. The Labute approximate surface area is 180 Å². The minimum Gasteiger partial charge on any atom is -0.356 e. The summed E-state index contributed by atoms with van der Waals surface area (Å²) in [6, 6.07) is 16.8. The van der Waals surface area contributed by atoms with E-state index in [-0.39, 0.29) is 5.91 Å². The van der Waals surface area contributed by atoms with E-state index in [2.05, 4.69) is 69.1 Å². The molecule has 2 aromatic carbocycles. The Morgan fingerprint density at radius 2 is 1.72 bits per heavy atom. The zero-order valence-corrected chi connectivity index (χ0v) is 18.2. The number of nitrogens with zero attached hydrogens (tertiary/aromatic N) is 2. The number of nitrogens with one attached hydrogen (secondary N) is 1. The number of rotatable bonds is 8. The molecule has 0 fully saturated rings. The van der Waals surface area contributed by atoms with Gasteiger partial charge in [0.2, 0.25) is 5.91 Å². The molecule has 4 rings (SSSR count). The van der Waals surface area contributed by atoms with Crippen molar-refractivity contribution in [3.8, 4) is 0 Å². The molecule has 4 nitrogen and oxygen atoms in total. The molecule has 0 atom stereocenters. The van der Waals surface area contributed by atoms with Crippen LogP contribution < -0.4 is 10.2 Å². The van der Waals surface area contributed by atoms with Crippen LogP contribution in [0.1, 0.15) is 30.0 Å². The third kappa shape index (κ3) is 5.00. The quantitative estimate of drug-likeness (QED) is 0.480. The first-order chi connectivity index (χ1) is 14.2. The molecule has 0 radical (unpaired) electrons. The van der Waals surface area contributed by atoms with E-state index < -0.39 is 0 Å². The van der Waals surface area contributed by atoms with E-state index in [1.54, 1.807) is 23.1 Å². The number of carbonyl (C=O) groups is 1. The molecule has 3 aromatic rings. The minimum atomic E-state index is 0.114. The molecule has 0 saturated heterocycles. The van der Waals surface area contributed by atoms with Crippen molar-refractivity contribution in [3.05, 3.63) is 64.6 Å². The van der Waals surface area contributed by atoms with Crippen LogP contribution in [0.3, 0.4) is 0 Å². The standard InChI is InChI=1S/C23H25N3OS2/c1-17-16-28-23(25-17)12-6-7-14-24-22(27)13-15-26-18-8-2-4-10-20(18)29-21-11-5-3-9-19(21)26/h2-5,8-11,16H,6-7,12-15H2,1H3,(H,24,27). The zero-order chi connectivity index (χ0) is 20.1. The first-order valence-electron chi connectivity index (χ1n) is 10.0. The van der Waals surface area contributed by atoms with Crippen LogP contribution in [0.4, 0.5) is 11.4 Å². The van der Waals surface area contributed by atoms with Gasteiger partial charge in [0.15, 0.2) is 0 Å². The van der Waals surface area contributed by atoms with Crippen LogP contribution in [0.5, 0.6) is 0 Å². The maximum Gasteiger partial charge on any atom is 0.221 e. The number of thiazole rings is 1. The lowest BCUT2D eigenvalue weighted by atomic mass is 10.2. The molecule has 1 aliphatic rings. The van der Waals surface area contributed by atoms with Crippen LogP contribution in [0, 0.1) is 6.92 Å². The molecule has 0 aliphatic carbocycles. The van der Waals surface area contributed by atoms with Gasteiger partial charge in [-0.3, -0.25) is 4.79 Å². The number of fused-ring (bicyclic) bond motifs is 2. The molecule has 29 heavy (non-hydrogen) atoms. The number of para-hydroxylation sites is 2. The van der Waals surface area contributed by atoms with Gasteiger partial charge in [-0.25, -0.2) is 4.98 Å². The van der Waals surface area contributed by atoms with Gasteiger partial charge in [-0.1, -0.05) is 36.0 Å². The van der Waals surface area contributed by atoms with Crippen molar-refractivity contribution in [2.24, 2.45) is 0 Å². The average Bonchev–Trinajstić information content (AvgIpc) is 3.16.